The van der Waals surface area contributed by atoms with Crippen molar-refractivity contribution in [3.8, 4) is 5.75 Å². The number of ether oxygens (including phenoxy) is 1. The number of benzene rings is 2. The summed E-state index contributed by atoms with van der Waals surface area (Å²) in [4.78, 5) is 25.2. The van der Waals surface area contributed by atoms with Crippen LogP contribution >= 0.6 is 0 Å². The molecule has 1 aliphatic heterocycles. The summed E-state index contributed by atoms with van der Waals surface area (Å²) in [6.07, 6.45) is -2.36. The number of hydrogen-bond donors (Lipinski definition) is 2. The number of aliphatic carboxylic acids is 1. The molecule has 0 radical (unpaired) electrons. The summed E-state index contributed by atoms with van der Waals surface area (Å²) in [7, 11) is -4.08. The Morgan fingerprint density at radius 3 is 2.33 bits per heavy atom. The van der Waals surface area contributed by atoms with Gasteiger partial charge in [0.15, 0.2) is 0 Å². The lowest BCUT2D eigenvalue weighted by atomic mass is 9.97. The minimum atomic E-state index is -4.88. The van der Waals surface area contributed by atoms with Crippen LogP contribution in [0.4, 0.5) is 18.9 Å². The number of hydrogen-bond acceptors (Lipinski definition) is 5. The Balaban J connectivity index is 1.43. The van der Waals surface area contributed by atoms with E-state index in [4.69, 9.17) is 5.11 Å². The Morgan fingerprint density at radius 1 is 1.06 bits per heavy atom. The van der Waals surface area contributed by atoms with E-state index in [9.17, 15) is 31.2 Å². The largest absolute Gasteiger partial charge is 0.573 e. The molecule has 2 aromatic carbocycles. The molecule has 1 fully saturated rings. The maximum Gasteiger partial charge on any atom is 0.573 e. The van der Waals surface area contributed by atoms with Gasteiger partial charge >= 0.3 is 12.3 Å². The summed E-state index contributed by atoms with van der Waals surface area (Å²) in [6.45, 7) is 0.813. The van der Waals surface area contributed by atoms with Gasteiger partial charge in [-0.3, -0.25) is 14.3 Å². The van der Waals surface area contributed by atoms with Crippen molar-refractivity contribution in [2.45, 2.75) is 30.6 Å². The maximum atomic E-state index is 12.7. The third-order valence-corrected chi connectivity index (χ3v) is 7.29. The zero-order chi connectivity index (χ0) is 26.1. The number of carbonyl (C=O) groups is 2. The molecular weight excluding hydrogens is 503 g/mol. The van der Waals surface area contributed by atoms with Crippen LogP contribution in [0, 0.1) is 5.92 Å². The predicted octanol–water partition coefficient (Wildman–Crippen LogP) is 3.66. The SMILES string of the molecule is O=C(O)C1CCN(C(=O)Cn2ccc3cc(NS(=O)(=O)c4ccc(OC(F)(F)F)cc4)ccc32)CC1. The van der Waals surface area contributed by atoms with E-state index in [0.717, 1.165) is 24.3 Å². The van der Waals surface area contributed by atoms with Crippen molar-refractivity contribution in [3.63, 3.8) is 0 Å². The number of nitrogens with one attached hydrogen (secondary N) is 1. The minimum absolute atomic E-state index is 0.0542. The van der Waals surface area contributed by atoms with Gasteiger partial charge in [-0.15, -0.1) is 13.2 Å². The summed E-state index contributed by atoms with van der Waals surface area (Å²) < 4.78 is 70.1. The molecule has 4 rings (SSSR count). The first-order valence-electron chi connectivity index (χ1n) is 10.9. The number of amides is 1. The van der Waals surface area contributed by atoms with Crippen LogP contribution in [0.15, 0.2) is 59.6 Å². The summed E-state index contributed by atoms with van der Waals surface area (Å²) in [6, 6.07) is 10.3. The lowest BCUT2D eigenvalue weighted by Gasteiger charge is -2.30. The molecule has 3 aromatic rings. The van der Waals surface area contributed by atoms with Gasteiger partial charge in [0, 0.05) is 35.9 Å². The highest BCUT2D eigenvalue weighted by Gasteiger charge is 2.31. The van der Waals surface area contributed by atoms with Gasteiger partial charge in [0.05, 0.1) is 10.8 Å². The second kappa shape index (κ2) is 9.72. The smallest absolute Gasteiger partial charge is 0.481 e. The number of rotatable bonds is 7. The quantitative estimate of drug-likeness (QED) is 0.486. The number of likely N-dealkylation sites (tertiary alicyclic amines) is 1. The summed E-state index contributed by atoms with van der Waals surface area (Å²) in [5.74, 6) is -1.96. The molecule has 0 bridgehead atoms. The first-order valence-corrected chi connectivity index (χ1v) is 12.4. The van der Waals surface area contributed by atoms with Crippen molar-refractivity contribution in [3.05, 3.63) is 54.7 Å². The molecule has 0 spiro atoms. The number of anilines is 1. The highest BCUT2D eigenvalue weighted by atomic mass is 32.2. The van der Waals surface area contributed by atoms with E-state index in [1.807, 2.05) is 0 Å². The van der Waals surface area contributed by atoms with Crippen LogP contribution in [0.1, 0.15) is 12.8 Å². The zero-order valence-electron chi connectivity index (χ0n) is 18.7. The third-order valence-electron chi connectivity index (χ3n) is 5.89. The van der Waals surface area contributed by atoms with Gasteiger partial charge in [-0.25, -0.2) is 8.42 Å². The van der Waals surface area contributed by atoms with Crippen LogP contribution in [-0.4, -0.2) is 54.3 Å². The molecule has 192 valence electrons. The Hall–Kier alpha value is -3.74. The van der Waals surface area contributed by atoms with Gasteiger partial charge in [-0.2, -0.15) is 0 Å². The number of carboxylic acid groups (broad SMARTS) is 1. The number of nitrogens with zero attached hydrogens (tertiary/aromatic N) is 2. The molecule has 1 saturated heterocycles. The van der Waals surface area contributed by atoms with Crippen LogP contribution < -0.4 is 9.46 Å². The molecule has 0 unspecified atom stereocenters. The first kappa shape index (κ1) is 25.4. The van der Waals surface area contributed by atoms with Crippen molar-refractivity contribution in [1.29, 1.82) is 0 Å². The number of carboxylic acids is 1. The van der Waals surface area contributed by atoms with Gasteiger partial charge in [-0.1, -0.05) is 0 Å². The number of alkyl halides is 3. The number of sulfonamides is 1. The third kappa shape index (κ3) is 5.90. The fraction of sp³-hybridized carbons (Fsp3) is 0.304. The molecule has 2 N–H and O–H groups in total. The Kier molecular flexibility index (Phi) is 6.85. The topological polar surface area (TPSA) is 118 Å². The van der Waals surface area contributed by atoms with Crippen molar-refractivity contribution in [2.75, 3.05) is 17.8 Å². The molecule has 1 aliphatic rings. The lowest BCUT2D eigenvalue weighted by Crippen LogP contribution is -2.41. The Morgan fingerprint density at radius 2 is 1.72 bits per heavy atom. The molecule has 1 amide bonds. The van der Waals surface area contributed by atoms with E-state index in [1.165, 1.54) is 6.07 Å². The molecule has 0 saturated carbocycles. The second-order valence-corrected chi connectivity index (χ2v) is 10.0. The summed E-state index contributed by atoms with van der Waals surface area (Å²) in [5.41, 5.74) is 0.929. The van der Waals surface area contributed by atoms with Crippen LogP contribution in [0.2, 0.25) is 0 Å². The van der Waals surface area contributed by atoms with Gasteiger partial charge in [-0.05, 0) is 61.4 Å². The van der Waals surface area contributed by atoms with E-state index in [1.54, 1.807) is 33.9 Å². The molecule has 2 heterocycles. The Bertz CT molecular complexity index is 1380. The van der Waals surface area contributed by atoms with Crippen LogP contribution in [0.5, 0.6) is 5.75 Å². The monoisotopic (exact) mass is 525 g/mol. The van der Waals surface area contributed by atoms with Crippen molar-refractivity contribution >= 4 is 38.5 Å². The maximum absolute atomic E-state index is 12.7. The minimum Gasteiger partial charge on any atom is -0.481 e. The van der Waals surface area contributed by atoms with Crippen molar-refractivity contribution in [2.24, 2.45) is 5.92 Å². The van der Waals surface area contributed by atoms with E-state index < -0.39 is 34.0 Å². The molecule has 0 atom stereocenters. The van der Waals surface area contributed by atoms with E-state index in [2.05, 4.69) is 9.46 Å². The average Bonchev–Trinajstić information content (AvgIpc) is 3.20. The van der Waals surface area contributed by atoms with E-state index in [0.29, 0.717) is 36.8 Å². The van der Waals surface area contributed by atoms with Gasteiger partial charge in [0.1, 0.15) is 12.3 Å². The number of halogens is 3. The summed E-state index contributed by atoms with van der Waals surface area (Å²) in [5, 5.41) is 9.77. The molecule has 9 nitrogen and oxygen atoms in total. The highest BCUT2D eigenvalue weighted by Crippen LogP contribution is 2.26. The van der Waals surface area contributed by atoms with Crippen LogP contribution in [0.25, 0.3) is 10.9 Å². The number of piperidine rings is 1. The summed E-state index contributed by atoms with van der Waals surface area (Å²) >= 11 is 0. The first-order chi connectivity index (χ1) is 16.9. The average molecular weight is 526 g/mol. The van der Waals surface area contributed by atoms with Gasteiger partial charge in [0.25, 0.3) is 10.0 Å². The van der Waals surface area contributed by atoms with E-state index in [-0.39, 0.29) is 23.0 Å². The van der Waals surface area contributed by atoms with Crippen LogP contribution in [0.3, 0.4) is 0 Å². The zero-order valence-corrected chi connectivity index (χ0v) is 19.6. The Labute approximate surface area is 204 Å². The fourth-order valence-corrected chi connectivity index (χ4v) is 5.11. The van der Waals surface area contributed by atoms with Gasteiger partial charge in [0.2, 0.25) is 5.91 Å². The molecule has 13 heteroatoms. The van der Waals surface area contributed by atoms with Crippen molar-refractivity contribution < 1.29 is 41.0 Å². The molecular formula is C23H22F3N3O6S. The fourth-order valence-electron chi connectivity index (χ4n) is 4.06. The standard InChI is InChI=1S/C23H22F3N3O6S/c24-23(25,26)35-18-2-4-19(5-3-18)36(33,34)27-17-1-6-20-16(13-17)9-12-29(20)14-21(30)28-10-7-15(8-11-28)22(31)32/h1-6,9,12-13,15,27H,7-8,10-11,14H2,(H,31,32). The van der Waals surface area contributed by atoms with Gasteiger partial charge < -0.3 is 19.3 Å². The lowest BCUT2D eigenvalue weighted by molar-refractivity contribution is -0.274. The molecule has 36 heavy (non-hydrogen) atoms. The predicted molar refractivity (Wildman–Crippen MR) is 123 cm³/mol. The second-order valence-electron chi connectivity index (χ2n) is 8.34. The molecule has 0 aliphatic carbocycles. The number of aromatic nitrogens is 1. The number of fused-ring (bicyclic) bond motifs is 1. The van der Waals surface area contributed by atoms with Crippen molar-refractivity contribution in [1.82, 2.24) is 9.47 Å². The number of carbonyl (C=O) groups excluding carboxylic acids is 1. The normalized spacial score (nSPS) is 15.1. The molecule has 1 aromatic heterocycles. The van der Waals surface area contributed by atoms with Crippen LogP contribution in [-0.2, 0) is 26.2 Å². The highest BCUT2D eigenvalue weighted by molar-refractivity contribution is 7.92. The van der Waals surface area contributed by atoms with E-state index >= 15 is 0 Å².